The van der Waals surface area contributed by atoms with Gasteiger partial charge in [-0.3, -0.25) is 14.3 Å². The fourth-order valence-electron chi connectivity index (χ4n) is 3.51. The Morgan fingerprint density at radius 1 is 1.12 bits per heavy atom. The molecule has 0 atom stereocenters. The third-order valence-corrected chi connectivity index (χ3v) is 6.46. The summed E-state index contributed by atoms with van der Waals surface area (Å²) in [5.41, 5.74) is 3.92. The number of aromatic nitrogens is 3. The van der Waals surface area contributed by atoms with Crippen molar-refractivity contribution in [3.63, 3.8) is 0 Å². The first-order valence-corrected chi connectivity index (χ1v) is 11.3. The zero-order chi connectivity index (χ0) is 24.2. The number of hydrogen-bond acceptors (Lipinski definition) is 7. The van der Waals surface area contributed by atoms with Crippen molar-refractivity contribution in [3.8, 4) is 22.5 Å². The van der Waals surface area contributed by atoms with Gasteiger partial charge in [-0.1, -0.05) is 24.3 Å². The van der Waals surface area contributed by atoms with Gasteiger partial charge in [0.1, 0.15) is 21.8 Å². The van der Waals surface area contributed by atoms with Crippen LogP contribution in [0.3, 0.4) is 0 Å². The van der Waals surface area contributed by atoms with E-state index < -0.39 is 18.5 Å². The smallest absolute Gasteiger partial charge is 0.350 e. The van der Waals surface area contributed by atoms with E-state index >= 15 is 0 Å². The van der Waals surface area contributed by atoms with Crippen LogP contribution < -0.4 is 5.32 Å². The van der Waals surface area contributed by atoms with Gasteiger partial charge in [-0.15, -0.1) is 11.3 Å². The first-order chi connectivity index (χ1) is 16.4. The lowest BCUT2D eigenvalue weighted by atomic mass is 10.2. The Balaban J connectivity index is 1.50. The van der Waals surface area contributed by atoms with Crippen molar-refractivity contribution in [1.29, 1.82) is 5.26 Å². The highest BCUT2D eigenvalue weighted by molar-refractivity contribution is 7.17. The molecule has 1 aromatic carbocycles. The molecule has 0 aliphatic carbocycles. The average Bonchev–Trinajstić information content (AvgIpc) is 3.35. The summed E-state index contributed by atoms with van der Waals surface area (Å²) in [7, 11) is 0. The number of esters is 1. The van der Waals surface area contributed by atoms with Crippen molar-refractivity contribution >= 4 is 29.0 Å². The lowest BCUT2D eigenvalue weighted by Crippen LogP contribution is -2.22. The number of nitriles is 1. The van der Waals surface area contributed by atoms with Crippen LogP contribution in [-0.4, -0.2) is 33.0 Å². The van der Waals surface area contributed by atoms with Crippen molar-refractivity contribution in [2.45, 2.75) is 20.8 Å². The fourth-order valence-corrected chi connectivity index (χ4v) is 4.45. The van der Waals surface area contributed by atoms with E-state index in [4.69, 9.17) is 4.74 Å². The molecule has 0 saturated carbocycles. The molecule has 1 amide bonds. The Labute approximate surface area is 200 Å². The summed E-state index contributed by atoms with van der Waals surface area (Å²) in [6.45, 7) is 4.91. The highest BCUT2D eigenvalue weighted by Gasteiger charge is 2.22. The highest BCUT2D eigenvalue weighted by Crippen LogP contribution is 2.30. The molecule has 0 saturated heterocycles. The maximum atomic E-state index is 12.7. The molecule has 0 aliphatic heterocycles. The van der Waals surface area contributed by atoms with E-state index in [2.05, 4.69) is 21.4 Å². The zero-order valence-corrected chi connectivity index (χ0v) is 19.6. The first-order valence-electron chi connectivity index (χ1n) is 10.4. The maximum absolute atomic E-state index is 12.7. The van der Waals surface area contributed by atoms with Crippen LogP contribution in [0.2, 0.25) is 0 Å². The molecule has 0 spiro atoms. The number of benzene rings is 1. The lowest BCUT2D eigenvalue weighted by molar-refractivity contribution is -0.119. The van der Waals surface area contributed by atoms with Crippen LogP contribution in [0.5, 0.6) is 0 Å². The quantitative estimate of drug-likeness (QED) is 0.412. The normalized spacial score (nSPS) is 10.5. The topological polar surface area (TPSA) is 110 Å². The number of nitrogens with one attached hydrogen (secondary N) is 1. The minimum absolute atomic E-state index is 0.311. The van der Waals surface area contributed by atoms with Gasteiger partial charge in [0.25, 0.3) is 5.91 Å². The van der Waals surface area contributed by atoms with E-state index in [1.807, 2.05) is 50.2 Å². The molecule has 170 valence electrons. The molecule has 3 aromatic heterocycles. The van der Waals surface area contributed by atoms with E-state index in [0.29, 0.717) is 32.7 Å². The van der Waals surface area contributed by atoms with Gasteiger partial charge in [0.15, 0.2) is 6.61 Å². The second kappa shape index (κ2) is 9.68. The Kier molecular flexibility index (Phi) is 6.52. The number of anilines is 1. The molecular weight excluding hydrogens is 450 g/mol. The second-order valence-electron chi connectivity index (χ2n) is 7.49. The van der Waals surface area contributed by atoms with Crippen LogP contribution >= 0.6 is 11.3 Å². The van der Waals surface area contributed by atoms with Gasteiger partial charge in [-0.2, -0.15) is 5.26 Å². The van der Waals surface area contributed by atoms with Crippen LogP contribution in [0.25, 0.3) is 16.4 Å². The standard InChI is InChI=1S/C25H21N5O3S/c1-15-17(3)30(18-9-5-4-6-10-18)23(19(15)13-26)29-21(31)14-33-25(32)22-16(2)28-24(34-22)20-11-7-8-12-27-20/h4-12H,14H2,1-3H3,(H,29,31). The van der Waals surface area contributed by atoms with Crippen molar-refractivity contribution in [3.05, 3.63) is 82.1 Å². The highest BCUT2D eigenvalue weighted by atomic mass is 32.1. The number of carbonyl (C=O) groups is 2. The SMILES string of the molecule is Cc1nc(-c2ccccn2)sc1C(=O)OCC(=O)Nc1c(C#N)c(C)c(C)n1-c1ccccc1. The number of amides is 1. The molecule has 1 N–H and O–H groups in total. The summed E-state index contributed by atoms with van der Waals surface area (Å²) >= 11 is 1.16. The van der Waals surface area contributed by atoms with Crippen molar-refractivity contribution in [1.82, 2.24) is 14.5 Å². The number of hydrogen-bond donors (Lipinski definition) is 1. The lowest BCUT2D eigenvalue weighted by Gasteiger charge is -2.13. The second-order valence-corrected chi connectivity index (χ2v) is 8.49. The summed E-state index contributed by atoms with van der Waals surface area (Å²) in [6.07, 6.45) is 1.65. The number of para-hydroxylation sites is 1. The summed E-state index contributed by atoms with van der Waals surface area (Å²) < 4.78 is 7.06. The van der Waals surface area contributed by atoms with Crippen molar-refractivity contribution < 1.29 is 14.3 Å². The summed E-state index contributed by atoms with van der Waals surface area (Å²) in [6, 6.07) is 17.0. The number of aryl methyl sites for hydroxylation is 1. The summed E-state index contributed by atoms with van der Waals surface area (Å²) in [4.78, 5) is 34.3. The average molecular weight is 472 g/mol. The van der Waals surface area contributed by atoms with E-state index in [-0.39, 0.29) is 0 Å². The first kappa shape index (κ1) is 22.9. The van der Waals surface area contributed by atoms with Crippen LogP contribution in [0, 0.1) is 32.1 Å². The summed E-state index contributed by atoms with van der Waals surface area (Å²) in [5.74, 6) is -0.846. The molecular formula is C25H21N5O3S. The molecule has 4 rings (SSSR count). The number of rotatable bonds is 6. The molecule has 9 heteroatoms. The molecule has 3 heterocycles. The molecule has 0 aliphatic rings. The monoisotopic (exact) mass is 471 g/mol. The van der Waals surface area contributed by atoms with Crippen LogP contribution in [-0.2, 0) is 9.53 Å². The maximum Gasteiger partial charge on any atom is 0.350 e. The number of thiazole rings is 1. The predicted octanol–water partition coefficient (Wildman–Crippen LogP) is 4.59. The minimum Gasteiger partial charge on any atom is -0.451 e. The molecule has 8 nitrogen and oxygen atoms in total. The molecule has 0 bridgehead atoms. The van der Waals surface area contributed by atoms with Crippen molar-refractivity contribution in [2.75, 3.05) is 11.9 Å². The van der Waals surface area contributed by atoms with E-state index in [1.54, 1.807) is 29.8 Å². The Bertz CT molecular complexity index is 1400. The van der Waals surface area contributed by atoms with Gasteiger partial charge >= 0.3 is 5.97 Å². The van der Waals surface area contributed by atoms with Gasteiger partial charge in [-0.05, 0) is 50.6 Å². The molecule has 0 fully saturated rings. The molecule has 4 aromatic rings. The Hall–Kier alpha value is -4.29. The molecule has 0 radical (unpaired) electrons. The molecule has 0 unspecified atom stereocenters. The van der Waals surface area contributed by atoms with E-state index in [1.165, 1.54) is 0 Å². The van der Waals surface area contributed by atoms with Crippen LogP contribution in [0.4, 0.5) is 5.82 Å². The van der Waals surface area contributed by atoms with Gasteiger partial charge in [0.05, 0.1) is 17.0 Å². The zero-order valence-electron chi connectivity index (χ0n) is 18.8. The third kappa shape index (κ3) is 4.44. The largest absolute Gasteiger partial charge is 0.451 e. The van der Waals surface area contributed by atoms with Crippen LogP contribution in [0.1, 0.15) is 32.2 Å². The van der Waals surface area contributed by atoms with Gasteiger partial charge in [0.2, 0.25) is 0 Å². The van der Waals surface area contributed by atoms with Gasteiger partial charge in [0, 0.05) is 17.6 Å². The number of pyridine rings is 1. The minimum atomic E-state index is -0.640. The predicted molar refractivity (Wildman–Crippen MR) is 129 cm³/mol. The number of carbonyl (C=O) groups excluding carboxylic acids is 2. The van der Waals surface area contributed by atoms with Gasteiger partial charge < -0.3 is 10.1 Å². The number of ether oxygens (including phenoxy) is 1. The Morgan fingerprint density at radius 2 is 1.85 bits per heavy atom. The van der Waals surface area contributed by atoms with Gasteiger partial charge in [-0.25, -0.2) is 9.78 Å². The van der Waals surface area contributed by atoms with E-state index in [0.717, 1.165) is 28.3 Å². The van der Waals surface area contributed by atoms with E-state index in [9.17, 15) is 14.9 Å². The summed E-state index contributed by atoms with van der Waals surface area (Å²) in [5, 5.41) is 13.0. The number of nitrogens with zero attached hydrogens (tertiary/aromatic N) is 4. The molecule has 34 heavy (non-hydrogen) atoms. The third-order valence-electron chi connectivity index (χ3n) is 5.30. The van der Waals surface area contributed by atoms with Crippen molar-refractivity contribution in [2.24, 2.45) is 0 Å². The van der Waals surface area contributed by atoms with Crippen LogP contribution in [0.15, 0.2) is 54.7 Å². The fraction of sp³-hybridized carbons (Fsp3) is 0.160. The Morgan fingerprint density at radius 3 is 2.53 bits per heavy atom.